The molecule has 0 aliphatic heterocycles. The number of nitrogens with one attached hydrogen (secondary N) is 1. The third-order valence-electron chi connectivity index (χ3n) is 2.55. The van der Waals surface area contributed by atoms with Gasteiger partial charge in [0.15, 0.2) is 0 Å². The van der Waals surface area contributed by atoms with Crippen molar-refractivity contribution in [2.45, 2.75) is 6.92 Å². The van der Waals surface area contributed by atoms with Crippen LogP contribution in [0.15, 0.2) is 36.4 Å². The third kappa shape index (κ3) is 5.10. The van der Waals surface area contributed by atoms with Crippen LogP contribution in [0.5, 0.6) is 5.75 Å². The molecule has 6 heteroatoms. The number of phenols is 1. The Morgan fingerprint density at radius 2 is 1.81 bits per heavy atom. The molecular formula is C15H14Cl2N2O2. The van der Waals surface area contributed by atoms with Crippen molar-refractivity contribution in [2.24, 2.45) is 5.73 Å². The van der Waals surface area contributed by atoms with E-state index < -0.39 is 0 Å². The molecule has 1 amide bonds. The molecule has 4 nitrogen and oxygen atoms in total. The van der Waals surface area contributed by atoms with Crippen LogP contribution in [0.25, 0.3) is 0 Å². The summed E-state index contributed by atoms with van der Waals surface area (Å²) in [5.74, 6) is -0.480. The number of halogens is 2. The summed E-state index contributed by atoms with van der Waals surface area (Å²) in [6.07, 6.45) is 0.993. The zero-order valence-electron chi connectivity index (χ0n) is 11.2. The standard InChI is InChI=1S/C8H9NO.C7H5Cl2NO/c1-6-2-4-7(5-3-6)8(9)10;8-5-1-4(3-10)7(11)6(9)2-5/h2-5H,1H3,(H2,9,10);1-3,10-11H. The van der Waals surface area contributed by atoms with E-state index in [0.29, 0.717) is 16.1 Å². The Hall–Kier alpha value is -2.04. The Morgan fingerprint density at radius 3 is 2.29 bits per heavy atom. The number of nitrogens with two attached hydrogens (primary N) is 1. The summed E-state index contributed by atoms with van der Waals surface area (Å²) in [7, 11) is 0. The summed E-state index contributed by atoms with van der Waals surface area (Å²) in [6.45, 7) is 1.96. The van der Waals surface area contributed by atoms with Crippen molar-refractivity contribution >= 4 is 35.3 Å². The topological polar surface area (TPSA) is 87.2 Å². The van der Waals surface area contributed by atoms with E-state index in [-0.39, 0.29) is 16.7 Å². The smallest absolute Gasteiger partial charge is 0.248 e. The number of hydrogen-bond acceptors (Lipinski definition) is 3. The zero-order valence-corrected chi connectivity index (χ0v) is 12.7. The lowest BCUT2D eigenvalue weighted by molar-refractivity contribution is 0.100. The van der Waals surface area contributed by atoms with Crippen molar-refractivity contribution in [3.8, 4) is 5.75 Å². The van der Waals surface area contributed by atoms with Crippen LogP contribution in [0.4, 0.5) is 0 Å². The van der Waals surface area contributed by atoms with E-state index in [1.807, 2.05) is 19.1 Å². The maximum absolute atomic E-state index is 10.5. The lowest BCUT2D eigenvalue weighted by Gasteiger charge is -2.00. The van der Waals surface area contributed by atoms with Gasteiger partial charge < -0.3 is 16.2 Å². The molecule has 4 N–H and O–H groups in total. The molecule has 0 heterocycles. The predicted molar refractivity (Wildman–Crippen MR) is 85.7 cm³/mol. The summed E-state index contributed by atoms with van der Waals surface area (Å²) in [5.41, 5.74) is 7.04. The van der Waals surface area contributed by atoms with Gasteiger partial charge >= 0.3 is 0 Å². The van der Waals surface area contributed by atoms with E-state index >= 15 is 0 Å². The van der Waals surface area contributed by atoms with Crippen LogP contribution in [0.3, 0.4) is 0 Å². The average molecular weight is 325 g/mol. The van der Waals surface area contributed by atoms with Gasteiger partial charge in [-0.2, -0.15) is 0 Å². The van der Waals surface area contributed by atoms with Gasteiger partial charge in [0.1, 0.15) is 5.75 Å². The number of phenolic OH excluding ortho intramolecular Hbond substituents is 1. The molecular weight excluding hydrogens is 311 g/mol. The molecule has 0 radical (unpaired) electrons. The molecule has 0 saturated heterocycles. The fraction of sp³-hybridized carbons (Fsp3) is 0.0667. The number of carbonyl (C=O) groups is 1. The van der Waals surface area contributed by atoms with Crippen molar-refractivity contribution in [3.63, 3.8) is 0 Å². The molecule has 0 atom stereocenters. The van der Waals surface area contributed by atoms with Crippen molar-refractivity contribution in [2.75, 3.05) is 0 Å². The van der Waals surface area contributed by atoms with Crippen LogP contribution in [0.2, 0.25) is 10.0 Å². The van der Waals surface area contributed by atoms with Crippen LogP contribution < -0.4 is 5.73 Å². The van der Waals surface area contributed by atoms with Crippen molar-refractivity contribution in [1.82, 2.24) is 0 Å². The summed E-state index contributed by atoms with van der Waals surface area (Å²) in [5, 5.41) is 16.6. The Labute approximate surface area is 132 Å². The second kappa shape index (κ2) is 7.67. The minimum absolute atomic E-state index is 0.105. The number of aryl methyl sites for hydroxylation is 1. The van der Waals surface area contributed by atoms with Gasteiger partial charge in [-0.25, -0.2) is 0 Å². The zero-order chi connectivity index (χ0) is 16.0. The van der Waals surface area contributed by atoms with E-state index in [2.05, 4.69) is 0 Å². The first-order valence-electron chi connectivity index (χ1n) is 5.90. The number of benzene rings is 2. The maximum atomic E-state index is 10.5. The Bertz CT molecular complexity index is 655. The molecule has 0 spiro atoms. The first kappa shape index (κ1) is 17.0. The second-order valence-corrected chi connectivity index (χ2v) is 5.04. The summed E-state index contributed by atoms with van der Waals surface area (Å²) < 4.78 is 0. The molecule has 21 heavy (non-hydrogen) atoms. The normalized spacial score (nSPS) is 9.48. The highest BCUT2D eigenvalue weighted by Crippen LogP contribution is 2.29. The average Bonchev–Trinajstić information content (AvgIpc) is 2.44. The Kier molecular flexibility index (Phi) is 6.21. The molecule has 0 bridgehead atoms. The molecule has 0 aliphatic rings. The monoisotopic (exact) mass is 324 g/mol. The van der Waals surface area contributed by atoms with E-state index in [0.717, 1.165) is 11.8 Å². The van der Waals surface area contributed by atoms with Gasteiger partial charge in [-0.05, 0) is 31.2 Å². The number of hydrogen-bond donors (Lipinski definition) is 3. The van der Waals surface area contributed by atoms with Gasteiger partial charge in [-0.3, -0.25) is 4.79 Å². The quantitative estimate of drug-likeness (QED) is 0.734. The van der Waals surface area contributed by atoms with Gasteiger partial charge in [-0.15, -0.1) is 0 Å². The molecule has 0 fully saturated rings. The molecule has 2 aromatic carbocycles. The van der Waals surface area contributed by atoms with Crippen LogP contribution in [0, 0.1) is 12.3 Å². The predicted octanol–water partition coefficient (Wildman–Crippen LogP) is 3.79. The second-order valence-electron chi connectivity index (χ2n) is 4.20. The van der Waals surface area contributed by atoms with Gasteiger partial charge in [0, 0.05) is 22.4 Å². The van der Waals surface area contributed by atoms with Crippen LogP contribution in [-0.2, 0) is 0 Å². The summed E-state index contributed by atoms with van der Waals surface area (Å²) in [4.78, 5) is 10.5. The SMILES string of the molecule is Cc1ccc(C(N)=O)cc1.N=Cc1cc(Cl)cc(Cl)c1O. The highest BCUT2D eigenvalue weighted by Gasteiger charge is 2.04. The molecule has 0 saturated carbocycles. The van der Waals surface area contributed by atoms with Crippen LogP contribution in [-0.4, -0.2) is 17.2 Å². The maximum Gasteiger partial charge on any atom is 0.248 e. The number of rotatable bonds is 2. The molecule has 0 aliphatic carbocycles. The van der Waals surface area contributed by atoms with Crippen molar-refractivity contribution in [3.05, 3.63) is 63.1 Å². The fourth-order valence-electron chi connectivity index (χ4n) is 1.41. The van der Waals surface area contributed by atoms with E-state index in [1.165, 1.54) is 12.1 Å². The molecule has 0 aromatic heterocycles. The lowest BCUT2D eigenvalue weighted by Crippen LogP contribution is -2.10. The molecule has 110 valence electrons. The molecule has 2 rings (SSSR count). The van der Waals surface area contributed by atoms with E-state index in [1.54, 1.807) is 12.1 Å². The third-order valence-corrected chi connectivity index (χ3v) is 3.06. The van der Waals surface area contributed by atoms with E-state index in [4.69, 9.17) is 34.3 Å². The number of primary amides is 1. The van der Waals surface area contributed by atoms with Gasteiger partial charge in [0.25, 0.3) is 0 Å². The summed E-state index contributed by atoms with van der Waals surface area (Å²) >= 11 is 11.2. The Balaban J connectivity index is 0.000000211. The highest BCUT2D eigenvalue weighted by atomic mass is 35.5. The highest BCUT2D eigenvalue weighted by molar-refractivity contribution is 6.36. The molecule has 0 unspecified atom stereocenters. The van der Waals surface area contributed by atoms with Crippen molar-refractivity contribution < 1.29 is 9.90 Å². The van der Waals surface area contributed by atoms with Gasteiger partial charge in [-0.1, -0.05) is 40.9 Å². The van der Waals surface area contributed by atoms with Gasteiger partial charge in [0.05, 0.1) is 5.02 Å². The lowest BCUT2D eigenvalue weighted by atomic mass is 10.1. The first-order chi connectivity index (χ1) is 9.85. The Morgan fingerprint density at radius 1 is 1.24 bits per heavy atom. The molecule has 2 aromatic rings. The number of aromatic hydroxyl groups is 1. The summed E-state index contributed by atoms with van der Waals surface area (Å²) in [6, 6.07) is 10.1. The van der Waals surface area contributed by atoms with E-state index in [9.17, 15) is 9.90 Å². The van der Waals surface area contributed by atoms with Crippen LogP contribution >= 0.6 is 23.2 Å². The minimum atomic E-state index is -0.375. The van der Waals surface area contributed by atoms with Crippen molar-refractivity contribution in [1.29, 1.82) is 5.41 Å². The largest absolute Gasteiger partial charge is 0.506 e. The first-order valence-corrected chi connectivity index (χ1v) is 6.65. The number of amides is 1. The fourth-order valence-corrected chi connectivity index (χ4v) is 1.92. The minimum Gasteiger partial charge on any atom is -0.506 e. The number of carbonyl (C=O) groups excluding carboxylic acids is 1. The van der Waals surface area contributed by atoms with Crippen LogP contribution in [0.1, 0.15) is 21.5 Å². The van der Waals surface area contributed by atoms with Gasteiger partial charge in [0.2, 0.25) is 5.91 Å².